The highest BCUT2D eigenvalue weighted by molar-refractivity contribution is 7.99. The SMILES string of the molecule is O=C(O)C1CCN(C(=O)/C=C/c2ccc(Sc3ccc4c(c3)OCCO4)c3ccccc23)CC1. The van der Waals surface area contributed by atoms with Crippen molar-refractivity contribution in [2.24, 2.45) is 5.92 Å². The fourth-order valence-electron chi connectivity index (χ4n) is 4.36. The number of rotatable bonds is 5. The first kappa shape index (κ1) is 22.3. The molecule has 1 amide bonds. The molecule has 3 aromatic carbocycles. The second-order valence-electron chi connectivity index (χ2n) is 8.38. The lowest BCUT2D eigenvalue weighted by Gasteiger charge is -2.29. The molecule has 0 unspecified atom stereocenters. The zero-order valence-electron chi connectivity index (χ0n) is 18.6. The molecule has 3 aromatic rings. The molecule has 2 heterocycles. The van der Waals surface area contributed by atoms with Gasteiger partial charge in [0.15, 0.2) is 11.5 Å². The van der Waals surface area contributed by atoms with Gasteiger partial charge in [0.25, 0.3) is 0 Å². The van der Waals surface area contributed by atoms with Crippen LogP contribution in [0.25, 0.3) is 16.8 Å². The van der Waals surface area contributed by atoms with Gasteiger partial charge in [0.1, 0.15) is 13.2 Å². The van der Waals surface area contributed by atoms with E-state index in [0.717, 1.165) is 37.6 Å². The molecule has 1 saturated heterocycles. The molecule has 2 aliphatic heterocycles. The van der Waals surface area contributed by atoms with Crippen molar-refractivity contribution in [2.45, 2.75) is 22.6 Å². The maximum Gasteiger partial charge on any atom is 0.306 e. The van der Waals surface area contributed by atoms with Crippen molar-refractivity contribution in [3.63, 3.8) is 0 Å². The number of likely N-dealkylation sites (tertiary alicyclic amines) is 1. The molecule has 0 aromatic heterocycles. The average Bonchev–Trinajstić information content (AvgIpc) is 2.88. The molecule has 5 rings (SSSR count). The van der Waals surface area contributed by atoms with Gasteiger partial charge in [0, 0.05) is 29.0 Å². The second kappa shape index (κ2) is 9.81. The Hall–Kier alpha value is -3.45. The van der Waals surface area contributed by atoms with E-state index in [4.69, 9.17) is 14.6 Å². The van der Waals surface area contributed by atoms with Gasteiger partial charge in [-0.05, 0) is 59.5 Å². The zero-order valence-corrected chi connectivity index (χ0v) is 19.4. The Kier molecular flexibility index (Phi) is 6.45. The van der Waals surface area contributed by atoms with Crippen molar-refractivity contribution in [1.29, 1.82) is 0 Å². The summed E-state index contributed by atoms with van der Waals surface area (Å²) < 4.78 is 11.3. The number of aliphatic carboxylic acids is 1. The Morgan fingerprint density at radius 1 is 0.941 bits per heavy atom. The molecule has 0 atom stereocenters. The third-order valence-electron chi connectivity index (χ3n) is 6.22. The summed E-state index contributed by atoms with van der Waals surface area (Å²) in [4.78, 5) is 27.7. The largest absolute Gasteiger partial charge is 0.486 e. The fraction of sp³-hybridized carbons (Fsp3) is 0.259. The van der Waals surface area contributed by atoms with Crippen molar-refractivity contribution < 1.29 is 24.2 Å². The topological polar surface area (TPSA) is 76.1 Å². The number of carboxylic acids is 1. The Balaban J connectivity index is 1.34. The van der Waals surface area contributed by atoms with Gasteiger partial charge in [0.2, 0.25) is 5.91 Å². The van der Waals surface area contributed by atoms with E-state index in [9.17, 15) is 9.59 Å². The van der Waals surface area contributed by atoms with Crippen LogP contribution in [-0.2, 0) is 9.59 Å². The summed E-state index contributed by atoms with van der Waals surface area (Å²) in [5.74, 6) is 0.339. The number of benzene rings is 3. The minimum absolute atomic E-state index is 0.0809. The molecule has 0 bridgehead atoms. The van der Waals surface area contributed by atoms with Crippen LogP contribution in [0.5, 0.6) is 11.5 Å². The van der Waals surface area contributed by atoms with E-state index in [1.54, 1.807) is 22.7 Å². The van der Waals surface area contributed by atoms with Crippen LogP contribution in [0.4, 0.5) is 0 Å². The zero-order chi connectivity index (χ0) is 23.5. The number of piperidine rings is 1. The van der Waals surface area contributed by atoms with Crippen molar-refractivity contribution >= 4 is 40.5 Å². The van der Waals surface area contributed by atoms with Crippen LogP contribution in [0.1, 0.15) is 18.4 Å². The van der Waals surface area contributed by atoms with E-state index in [-0.39, 0.29) is 11.8 Å². The highest BCUT2D eigenvalue weighted by Crippen LogP contribution is 2.39. The molecule has 1 fully saturated rings. The van der Waals surface area contributed by atoms with Crippen LogP contribution >= 0.6 is 11.8 Å². The van der Waals surface area contributed by atoms with E-state index in [2.05, 4.69) is 18.2 Å². The first-order valence-electron chi connectivity index (χ1n) is 11.4. The number of nitrogens with zero attached hydrogens (tertiary/aromatic N) is 1. The molecule has 1 N–H and O–H groups in total. The highest BCUT2D eigenvalue weighted by Gasteiger charge is 2.26. The number of carboxylic acid groups (broad SMARTS) is 1. The van der Waals surface area contributed by atoms with Crippen LogP contribution in [-0.4, -0.2) is 48.2 Å². The van der Waals surface area contributed by atoms with E-state index >= 15 is 0 Å². The minimum atomic E-state index is -0.775. The van der Waals surface area contributed by atoms with Crippen LogP contribution in [0.3, 0.4) is 0 Å². The van der Waals surface area contributed by atoms with Gasteiger partial charge in [-0.2, -0.15) is 0 Å². The predicted octanol–water partition coefficient (Wildman–Crippen LogP) is 5.10. The number of fused-ring (bicyclic) bond motifs is 2. The molecule has 174 valence electrons. The maximum absolute atomic E-state index is 12.7. The van der Waals surface area contributed by atoms with Gasteiger partial charge in [-0.1, -0.05) is 42.1 Å². The van der Waals surface area contributed by atoms with Crippen LogP contribution in [0.15, 0.2) is 70.5 Å². The number of hydrogen-bond acceptors (Lipinski definition) is 5. The summed E-state index contributed by atoms with van der Waals surface area (Å²) >= 11 is 1.67. The molecule has 0 saturated carbocycles. The summed E-state index contributed by atoms with van der Waals surface area (Å²) in [6.45, 7) is 2.08. The van der Waals surface area contributed by atoms with Gasteiger partial charge >= 0.3 is 5.97 Å². The standard InChI is InChI=1S/C27H25NO5S/c29-26(28-13-11-19(12-14-28)27(30)31)10-6-18-5-9-25(22-4-2-1-3-21(18)22)34-20-7-8-23-24(17-20)33-16-15-32-23/h1-10,17,19H,11-16H2,(H,30,31)/b10-6+. The Labute approximate surface area is 202 Å². The van der Waals surface area contributed by atoms with Crippen molar-refractivity contribution in [3.05, 3.63) is 66.2 Å². The average molecular weight is 476 g/mol. The highest BCUT2D eigenvalue weighted by atomic mass is 32.2. The second-order valence-corrected chi connectivity index (χ2v) is 9.49. The normalized spacial score (nSPS) is 16.2. The fourth-order valence-corrected chi connectivity index (χ4v) is 5.34. The van der Waals surface area contributed by atoms with Crippen molar-refractivity contribution in [2.75, 3.05) is 26.3 Å². The first-order chi connectivity index (χ1) is 16.6. The molecule has 6 nitrogen and oxygen atoms in total. The van der Waals surface area contributed by atoms with Crippen molar-refractivity contribution in [3.8, 4) is 11.5 Å². The molecular weight excluding hydrogens is 450 g/mol. The molecule has 34 heavy (non-hydrogen) atoms. The minimum Gasteiger partial charge on any atom is -0.486 e. The smallest absolute Gasteiger partial charge is 0.306 e. The number of carbonyl (C=O) groups excluding carboxylic acids is 1. The van der Waals surface area contributed by atoms with Gasteiger partial charge in [-0.25, -0.2) is 0 Å². The lowest BCUT2D eigenvalue weighted by Crippen LogP contribution is -2.39. The first-order valence-corrected chi connectivity index (χ1v) is 12.2. The van der Waals surface area contributed by atoms with Crippen LogP contribution < -0.4 is 9.47 Å². The molecule has 0 spiro atoms. The Bertz CT molecular complexity index is 1260. The number of hydrogen-bond donors (Lipinski definition) is 1. The quantitative estimate of drug-likeness (QED) is 0.518. The summed E-state index contributed by atoms with van der Waals surface area (Å²) in [7, 11) is 0. The molecule has 2 aliphatic rings. The summed E-state index contributed by atoms with van der Waals surface area (Å²) in [6.07, 6.45) is 4.45. The summed E-state index contributed by atoms with van der Waals surface area (Å²) in [5.41, 5.74) is 0.968. The Morgan fingerprint density at radius 2 is 1.68 bits per heavy atom. The van der Waals surface area contributed by atoms with Gasteiger partial charge in [-0.3, -0.25) is 9.59 Å². The summed E-state index contributed by atoms with van der Waals surface area (Å²) in [6, 6.07) is 18.3. The van der Waals surface area contributed by atoms with E-state index < -0.39 is 5.97 Å². The van der Waals surface area contributed by atoms with Crippen LogP contribution in [0.2, 0.25) is 0 Å². The molecule has 0 aliphatic carbocycles. The third-order valence-corrected chi connectivity index (χ3v) is 7.29. The van der Waals surface area contributed by atoms with Gasteiger partial charge in [-0.15, -0.1) is 0 Å². The molecule has 7 heteroatoms. The monoisotopic (exact) mass is 475 g/mol. The van der Waals surface area contributed by atoms with E-state index in [1.807, 2.05) is 42.5 Å². The van der Waals surface area contributed by atoms with E-state index in [0.29, 0.717) is 39.1 Å². The van der Waals surface area contributed by atoms with Crippen molar-refractivity contribution in [1.82, 2.24) is 4.90 Å². The maximum atomic E-state index is 12.7. The summed E-state index contributed by atoms with van der Waals surface area (Å²) in [5, 5.41) is 11.3. The van der Waals surface area contributed by atoms with E-state index in [1.165, 1.54) is 0 Å². The third kappa shape index (κ3) is 4.75. The van der Waals surface area contributed by atoms with Crippen LogP contribution in [0, 0.1) is 5.92 Å². The predicted molar refractivity (Wildman–Crippen MR) is 131 cm³/mol. The number of ether oxygens (including phenoxy) is 2. The lowest BCUT2D eigenvalue weighted by atomic mass is 9.97. The van der Waals surface area contributed by atoms with Gasteiger partial charge in [0.05, 0.1) is 5.92 Å². The Morgan fingerprint density at radius 3 is 2.44 bits per heavy atom. The molecule has 0 radical (unpaired) electrons. The lowest BCUT2D eigenvalue weighted by molar-refractivity contribution is -0.144. The number of carbonyl (C=O) groups is 2. The molecular formula is C27H25NO5S. The van der Waals surface area contributed by atoms with Gasteiger partial charge < -0.3 is 19.5 Å². The number of amides is 1.